The van der Waals surface area contributed by atoms with Crippen LogP contribution in [0.25, 0.3) is 0 Å². The molecule has 0 heterocycles. The van der Waals surface area contributed by atoms with Crippen LogP contribution in [0.2, 0.25) is 5.02 Å². The molecule has 0 aromatic heterocycles. The van der Waals surface area contributed by atoms with Crippen LogP contribution in [-0.2, 0) is 11.2 Å². The summed E-state index contributed by atoms with van der Waals surface area (Å²) in [6.45, 7) is 0. The maximum absolute atomic E-state index is 13.4. The van der Waals surface area contributed by atoms with Crippen molar-refractivity contribution in [2.24, 2.45) is 23.5 Å². The monoisotopic (exact) mass is 281 g/mol. The fourth-order valence-electron chi connectivity index (χ4n) is 3.80. The van der Waals surface area contributed by atoms with Gasteiger partial charge in [0.05, 0.1) is 5.02 Å². The van der Waals surface area contributed by atoms with Gasteiger partial charge in [0.1, 0.15) is 11.6 Å². The van der Waals surface area contributed by atoms with Crippen molar-refractivity contribution in [3.63, 3.8) is 0 Å². The number of rotatable bonds is 3. The summed E-state index contributed by atoms with van der Waals surface area (Å²) in [7, 11) is 0. The number of nitrogens with two attached hydrogens (primary N) is 1. The summed E-state index contributed by atoms with van der Waals surface area (Å²) in [5.41, 5.74) is 6.73. The molecule has 2 nitrogen and oxygen atoms in total. The van der Waals surface area contributed by atoms with Crippen molar-refractivity contribution >= 4 is 17.4 Å². The number of carbonyl (C=O) groups is 1. The first kappa shape index (κ1) is 13.1. The Balaban J connectivity index is 1.77. The highest BCUT2D eigenvalue weighted by Gasteiger charge is 2.48. The molecule has 2 aliphatic rings. The number of hydrogen-bond donors (Lipinski definition) is 1. The van der Waals surface area contributed by atoms with Gasteiger partial charge in [-0.3, -0.25) is 4.79 Å². The van der Waals surface area contributed by atoms with Crippen LogP contribution in [-0.4, -0.2) is 11.8 Å². The fourth-order valence-corrected chi connectivity index (χ4v) is 4.00. The van der Waals surface area contributed by atoms with Crippen LogP contribution in [0.1, 0.15) is 24.8 Å². The van der Waals surface area contributed by atoms with E-state index in [4.69, 9.17) is 17.3 Å². The van der Waals surface area contributed by atoms with Crippen LogP contribution in [0.5, 0.6) is 0 Å². The first-order valence-electron chi connectivity index (χ1n) is 6.79. The molecule has 0 aliphatic heterocycles. The normalized spacial score (nSPS) is 32.8. The largest absolute Gasteiger partial charge is 0.327 e. The van der Waals surface area contributed by atoms with E-state index in [9.17, 15) is 9.18 Å². The molecule has 3 rings (SSSR count). The summed E-state index contributed by atoms with van der Waals surface area (Å²) < 4.78 is 13.4. The van der Waals surface area contributed by atoms with Crippen LogP contribution in [0.3, 0.4) is 0 Å². The third kappa shape index (κ3) is 2.19. The highest BCUT2D eigenvalue weighted by molar-refractivity contribution is 6.31. The van der Waals surface area contributed by atoms with Gasteiger partial charge in [0.15, 0.2) is 0 Å². The average molecular weight is 282 g/mol. The molecule has 2 saturated carbocycles. The molecule has 4 unspecified atom stereocenters. The Morgan fingerprint density at radius 2 is 2.11 bits per heavy atom. The van der Waals surface area contributed by atoms with Crippen LogP contribution in [0, 0.1) is 23.6 Å². The molecule has 1 aromatic rings. The molecule has 4 heteroatoms. The van der Waals surface area contributed by atoms with Gasteiger partial charge in [-0.15, -0.1) is 0 Å². The third-order valence-electron chi connectivity index (χ3n) is 4.75. The number of Topliss-reactive ketones (excluding diaryl/α,β-unsaturated/α-hetero) is 1. The summed E-state index contributed by atoms with van der Waals surface area (Å²) in [5.74, 6) is 0.524. The minimum atomic E-state index is -0.468. The van der Waals surface area contributed by atoms with E-state index in [1.165, 1.54) is 6.07 Å². The van der Waals surface area contributed by atoms with Gasteiger partial charge in [-0.25, -0.2) is 4.39 Å². The van der Waals surface area contributed by atoms with E-state index >= 15 is 0 Å². The van der Waals surface area contributed by atoms with Crippen molar-refractivity contribution in [1.29, 1.82) is 0 Å². The number of ketones is 1. The summed E-state index contributed by atoms with van der Waals surface area (Å²) in [5, 5.41) is 0.0626. The van der Waals surface area contributed by atoms with Crippen molar-refractivity contribution in [3.05, 3.63) is 34.6 Å². The van der Waals surface area contributed by atoms with E-state index in [1.54, 1.807) is 12.1 Å². The maximum atomic E-state index is 13.4. The Morgan fingerprint density at radius 3 is 2.79 bits per heavy atom. The second kappa shape index (κ2) is 4.88. The van der Waals surface area contributed by atoms with Gasteiger partial charge < -0.3 is 5.73 Å². The zero-order valence-corrected chi connectivity index (χ0v) is 11.4. The van der Waals surface area contributed by atoms with Gasteiger partial charge in [-0.05, 0) is 42.7 Å². The molecule has 2 bridgehead atoms. The number of fused-ring (bicyclic) bond motifs is 2. The summed E-state index contributed by atoms with van der Waals surface area (Å²) >= 11 is 5.90. The summed E-state index contributed by atoms with van der Waals surface area (Å²) in [4.78, 5) is 12.4. The lowest BCUT2D eigenvalue weighted by molar-refractivity contribution is -0.124. The number of halogens is 2. The molecule has 0 amide bonds. The Labute approximate surface area is 117 Å². The van der Waals surface area contributed by atoms with Crippen molar-refractivity contribution in [1.82, 2.24) is 0 Å². The highest BCUT2D eigenvalue weighted by atomic mass is 35.5. The van der Waals surface area contributed by atoms with Crippen molar-refractivity contribution in [2.45, 2.75) is 31.7 Å². The Bertz CT molecular complexity index is 517. The fraction of sp³-hybridized carbons (Fsp3) is 0.533. The Morgan fingerprint density at radius 1 is 1.37 bits per heavy atom. The molecule has 102 valence electrons. The first-order valence-corrected chi connectivity index (χ1v) is 7.17. The zero-order chi connectivity index (χ0) is 13.6. The molecular formula is C15H17ClFNO. The molecule has 1 aromatic carbocycles. The predicted molar refractivity (Wildman–Crippen MR) is 72.4 cm³/mol. The predicted octanol–water partition coefficient (Wildman–Crippen LogP) is 2.96. The second-order valence-electron chi connectivity index (χ2n) is 5.79. The number of carbonyl (C=O) groups excluding carboxylic acids is 1. The second-order valence-corrected chi connectivity index (χ2v) is 6.17. The minimum Gasteiger partial charge on any atom is -0.327 e. The van der Waals surface area contributed by atoms with Crippen molar-refractivity contribution in [3.8, 4) is 0 Å². The molecule has 0 saturated heterocycles. The van der Waals surface area contributed by atoms with Gasteiger partial charge in [0.2, 0.25) is 0 Å². The molecule has 0 radical (unpaired) electrons. The Kier molecular flexibility index (Phi) is 3.35. The molecule has 2 aliphatic carbocycles. The van der Waals surface area contributed by atoms with Gasteiger partial charge >= 0.3 is 0 Å². The quantitative estimate of drug-likeness (QED) is 0.926. The van der Waals surface area contributed by atoms with Crippen LogP contribution in [0.15, 0.2) is 18.2 Å². The summed E-state index contributed by atoms with van der Waals surface area (Å²) in [6.07, 6.45) is 3.52. The first-order chi connectivity index (χ1) is 9.08. The lowest BCUT2D eigenvalue weighted by atomic mass is 9.80. The van der Waals surface area contributed by atoms with Gasteiger partial charge in [-0.1, -0.05) is 23.7 Å². The van der Waals surface area contributed by atoms with E-state index in [0.29, 0.717) is 17.4 Å². The molecule has 2 fully saturated rings. The number of hydrogen-bond acceptors (Lipinski definition) is 2. The smallest absolute Gasteiger partial charge is 0.142 e. The lowest BCUT2D eigenvalue weighted by Crippen LogP contribution is -2.40. The maximum Gasteiger partial charge on any atom is 0.142 e. The average Bonchev–Trinajstić information content (AvgIpc) is 2.95. The Hall–Kier alpha value is -0.930. The van der Waals surface area contributed by atoms with E-state index < -0.39 is 5.82 Å². The molecule has 2 N–H and O–H groups in total. The van der Waals surface area contributed by atoms with Gasteiger partial charge in [0.25, 0.3) is 0 Å². The third-order valence-corrected chi connectivity index (χ3v) is 5.17. The van der Waals surface area contributed by atoms with E-state index in [0.717, 1.165) is 19.3 Å². The topological polar surface area (TPSA) is 43.1 Å². The molecule has 0 spiro atoms. The lowest BCUT2D eigenvalue weighted by Gasteiger charge is -2.27. The van der Waals surface area contributed by atoms with E-state index in [1.807, 2.05) is 0 Å². The van der Waals surface area contributed by atoms with E-state index in [2.05, 4.69) is 0 Å². The molecule has 19 heavy (non-hydrogen) atoms. The van der Waals surface area contributed by atoms with Gasteiger partial charge in [-0.2, -0.15) is 0 Å². The standard InChI is InChI=1S/C15H17ClFNO/c16-14-9(2-1-3-11(14)17)7-12(19)13-8-4-5-10(6-8)15(13)18/h1-3,8,10,13,15H,4-7,18H2. The van der Waals surface area contributed by atoms with Crippen LogP contribution < -0.4 is 5.73 Å². The van der Waals surface area contributed by atoms with Crippen molar-refractivity contribution < 1.29 is 9.18 Å². The molecule has 4 atom stereocenters. The van der Waals surface area contributed by atoms with Crippen molar-refractivity contribution in [2.75, 3.05) is 0 Å². The highest BCUT2D eigenvalue weighted by Crippen LogP contribution is 2.48. The zero-order valence-electron chi connectivity index (χ0n) is 10.6. The number of benzene rings is 1. The van der Waals surface area contributed by atoms with Crippen LogP contribution >= 0.6 is 11.6 Å². The van der Waals surface area contributed by atoms with E-state index in [-0.39, 0.29) is 29.2 Å². The summed E-state index contributed by atoms with van der Waals surface area (Å²) in [6, 6.07) is 4.59. The van der Waals surface area contributed by atoms with Crippen LogP contribution in [0.4, 0.5) is 4.39 Å². The molecular weight excluding hydrogens is 265 g/mol. The minimum absolute atomic E-state index is 0.0152. The van der Waals surface area contributed by atoms with Gasteiger partial charge in [0, 0.05) is 18.4 Å². The SMILES string of the molecule is NC1C2CCC(C2)C1C(=O)Cc1cccc(F)c1Cl.